The Morgan fingerprint density at radius 3 is 2.71 bits per heavy atom. The summed E-state index contributed by atoms with van der Waals surface area (Å²) < 4.78 is 13.7. The lowest BCUT2D eigenvalue weighted by Gasteiger charge is -2.11. The number of nitrogens with zero attached hydrogens (tertiary/aromatic N) is 3. The molecule has 1 aromatic heterocycles. The van der Waals surface area contributed by atoms with Gasteiger partial charge in [-0.05, 0) is 37.9 Å². The van der Waals surface area contributed by atoms with Crippen LogP contribution in [0.5, 0.6) is 0 Å². The molecule has 3 nitrogen and oxygen atoms in total. The van der Waals surface area contributed by atoms with Crippen molar-refractivity contribution in [3.8, 4) is 11.3 Å². The third kappa shape index (κ3) is 2.85. The Bertz CT molecular complexity index is 497. The highest BCUT2D eigenvalue weighted by atomic mass is 19.1. The van der Waals surface area contributed by atoms with E-state index in [9.17, 15) is 4.39 Å². The van der Waals surface area contributed by atoms with Gasteiger partial charge in [-0.1, -0.05) is 6.07 Å². The van der Waals surface area contributed by atoms with Crippen LogP contribution in [0.3, 0.4) is 0 Å². The maximum absolute atomic E-state index is 13.7. The van der Waals surface area contributed by atoms with E-state index in [0.717, 1.165) is 12.1 Å². The molecule has 0 aliphatic rings. The lowest BCUT2D eigenvalue weighted by atomic mass is 10.1. The molecule has 0 saturated carbocycles. The van der Waals surface area contributed by atoms with Crippen molar-refractivity contribution >= 4 is 0 Å². The zero-order valence-electron chi connectivity index (χ0n) is 9.89. The number of hydrogen-bond donors (Lipinski definition) is 0. The minimum Gasteiger partial charge on any atom is -0.305 e. The van der Waals surface area contributed by atoms with Gasteiger partial charge in [-0.25, -0.2) is 14.4 Å². The van der Waals surface area contributed by atoms with Gasteiger partial charge in [0.15, 0.2) is 0 Å². The third-order valence-electron chi connectivity index (χ3n) is 2.39. The van der Waals surface area contributed by atoms with Crippen molar-refractivity contribution in [1.29, 1.82) is 0 Å². The van der Waals surface area contributed by atoms with Crippen LogP contribution >= 0.6 is 0 Å². The molecule has 0 atom stereocenters. The summed E-state index contributed by atoms with van der Waals surface area (Å²) in [5, 5.41) is 0. The predicted molar refractivity (Wildman–Crippen MR) is 64.8 cm³/mol. The Kier molecular flexibility index (Phi) is 3.44. The van der Waals surface area contributed by atoms with E-state index in [2.05, 4.69) is 9.97 Å². The topological polar surface area (TPSA) is 29.0 Å². The van der Waals surface area contributed by atoms with Crippen molar-refractivity contribution in [3.63, 3.8) is 0 Å². The molecular weight excluding hydrogens is 217 g/mol. The summed E-state index contributed by atoms with van der Waals surface area (Å²) in [7, 11) is 3.96. The smallest absolute Gasteiger partial charge is 0.132 e. The molecule has 0 bridgehead atoms. The van der Waals surface area contributed by atoms with Gasteiger partial charge in [0.25, 0.3) is 0 Å². The molecule has 4 heteroatoms. The Balaban J connectivity index is 2.40. The Morgan fingerprint density at radius 1 is 1.24 bits per heavy atom. The Hall–Kier alpha value is -1.81. The second-order valence-electron chi connectivity index (χ2n) is 4.15. The van der Waals surface area contributed by atoms with Crippen LogP contribution in [-0.4, -0.2) is 29.0 Å². The molecule has 0 radical (unpaired) electrons. The van der Waals surface area contributed by atoms with E-state index in [4.69, 9.17) is 0 Å². The van der Waals surface area contributed by atoms with E-state index in [-0.39, 0.29) is 5.82 Å². The maximum Gasteiger partial charge on any atom is 0.132 e. The maximum atomic E-state index is 13.7. The highest BCUT2D eigenvalue weighted by Gasteiger charge is 2.07. The highest BCUT2D eigenvalue weighted by molar-refractivity contribution is 5.60. The third-order valence-corrected chi connectivity index (χ3v) is 2.39. The normalized spacial score (nSPS) is 10.8. The molecule has 0 saturated heterocycles. The zero-order valence-corrected chi connectivity index (χ0v) is 9.89. The van der Waals surface area contributed by atoms with E-state index >= 15 is 0 Å². The average Bonchev–Trinajstić information content (AvgIpc) is 2.32. The lowest BCUT2D eigenvalue weighted by molar-refractivity contribution is 0.402. The number of rotatable bonds is 3. The van der Waals surface area contributed by atoms with Gasteiger partial charge in [-0.3, -0.25) is 0 Å². The summed E-state index contributed by atoms with van der Waals surface area (Å²) in [6.07, 6.45) is 3.04. The van der Waals surface area contributed by atoms with Crippen LogP contribution in [-0.2, 0) is 6.54 Å². The first-order chi connectivity index (χ1) is 8.16. The van der Waals surface area contributed by atoms with Crippen LogP contribution in [0.1, 0.15) is 5.56 Å². The largest absolute Gasteiger partial charge is 0.305 e. The molecule has 1 heterocycles. The van der Waals surface area contributed by atoms with E-state index in [1.54, 1.807) is 18.3 Å². The van der Waals surface area contributed by atoms with Crippen LogP contribution in [0.2, 0.25) is 0 Å². The van der Waals surface area contributed by atoms with Gasteiger partial charge in [-0.15, -0.1) is 0 Å². The van der Waals surface area contributed by atoms with Crippen molar-refractivity contribution in [1.82, 2.24) is 14.9 Å². The second-order valence-corrected chi connectivity index (χ2v) is 4.15. The van der Waals surface area contributed by atoms with Crippen LogP contribution in [0.4, 0.5) is 4.39 Å². The molecule has 0 unspecified atom stereocenters. The first-order valence-electron chi connectivity index (χ1n) is 5.36. The number of aromatic nitrogens is 2. The SMILES string of the molecule is CN(C)Cc1ccc(F)c(-c2ccncn2)c1. The summed E-state index contributed by atoms with van der Waals surface area (Å²) in [6, 6.07) is 6.81. The quantitative estimate of drug-likeness (QED) is 0.812. The molecule has 0 fully saturated rings. The van der Waals surface area contributed by atoms with Gasteiger partial charge in [0.05, 0.1) is 5.69 Å². The number of halogens is 1. The second kappa shape index (κ2) is 5.01. The first kappa shape index (κ1) is 11.7. The van der Waals surface area contributed by atoms with E-state index < -0.39 is 0 Å². The summed E-state index contributed by atoms with van der Waals surface area (Å²) in [6.45, 7) is 0.776. The fourth-order valence-electron chi connectivity index (χ4n) is 1.68. The molecule has 0 spiro atoms. The summed E-state index contributed by atoms with van der Waals surface area (Å²) in [4.78, 5) is 9.93. The standard InChI is InChI=1S/C13H14FN3/c1-17(2)8-10-3-4-12(14)11(7-10)13-5-6-15-9-16-13/h3-7,9H,8H2,1-2H3. The molecule has 0 amide bonds. The van der Waals surface area contributed by atoms with Gasteiger partial charge in [-0.2, -0.15) is 0 Å². The Morgan fingerprint density at radius 2 is 2.06 bits per heavy atom. The van der Waals surface area contributed by atoms with Crippen molar-refractivity contribution in [2.75, 3.05) is 14.1 Å². The average molecular weight is 231 g/mol. The van der Waals surface area contributed by atoms with Gasteiger partial charge >= 0.3 is 0 Å². The molecule has 17 heavy (non-hydrogen) atoms. The lowest BCUT2D eigenvalue weighted by Crippen LogP contribution is -2.10. The van der Waals surface area contributed by atoms with E-state index in [1.807, 2.05) is 25.1 Å². The predicted octanol–water partition coefficient (Wildman–Crippen LogP) is 2.34. The number of hydrogen-bond acceptors (Lipinski definition) is 3. The molecule has 0 aliphatic heterocycles. The fourth-order valence-corrected chi connectivity index (χ4v) is 1.68. The van der Waals surface area contributed by atoms with Crippen molar-refractivity contribution < 1.29 is 4.39 Å². The highest BCUT2D eigenvalue weighted by Crippen LogP contribution is 2.21. The Labute approximate surface area is 99.9 Å². The first-order valence-corrected chi connectivity index (χ1v) is 5.36. The van der Waals surface area contributed by atoms with Crippen molar-refractivity contribution in [3.05, 3.63) is 48.2 Å². The van der Waals surface area contributed by atoms with Crippen LogP contribution in [0.25, 0.3) is 11.3 Å². The van der Waals surface area contributed by atoms with Gasteiger partial charge in [0.2, 0.25) is 0 Å². The van der Waals surface area contributed by atoms with Crippen LogP contribution in [0.15, 0.2) is 36.8 Å². The van der Waals surface area contributed by atoms with Gasteiger partial charge < -0.3 is 4.90 Å². The molecule has 0 N–H and O–H groups in total. The summed E-state index contributed by atoms with van der Waals surface area (Å²) in [5.74, 6) is -0.258. The van der Waals surface area contributed by atoms with Gasteiger partial charge in [0.1, 0.15) is 12.1 Å². The summed E-state index contributed by atoms with van der Waals surface area (Å²) >= 11 is 0. The zero-order chi connectivity index (χ0) is 12.3. The molecule has 2 rings (SSSR count). The van der Waals surface area contributed by atoms with Crippen molar-refractivity contribution in [2.24, 2.45) is 0 Å². The summed E-state index contributed by atoms with van der Waals surface area (Å²) in [5.41, 5.74) is 2.19. The van der Waals surface area contributed by atoms with E-state index in [0.29, 0.717) is 11.3 Å². The molecule has 88 valence electrons. The molecule has 1 aromatic carbocycles. The minimum absolute atomic E-state index is 0.258. The molecular formula is C13H14FN3. The van der Waals surface area contributed by atoms with E-state index in [1.165, 1.54) is 12.4 Å². The minimum atomic E-state index is -0.258. The fraction of sp³-hybridized carbons (Fsp3) is 0.231. The van der Waals surface area contributed by atoms with Crippen LogP contribution in [0, 0.1) is 5.82 Å². The van der Waals surface area contributed by atoms with Crippen molar-refractivity contribution in [2.45, 2.75) is 6.54 Å². The van der Waals surface area contributed by atoms with Gasteiger partial charge in [0, 0.05) is 18.3 Å². The monoisotopic (exact) mass is 231 g/mol. The molecule has 2 aromatic rings. The number of benzene rings is 1. The van der Waals surface area contributed by atoms with Crippen LogP contribution < -0.4 is 0 Å². The molecule has 0 aliphatic carbocycles.